The first kappa shape index (κ1) is 15.3. The smallest absolute Gasteiger partial charge is 0.242 e. The molecule has 1 heterocycles. The van der Waals surface area contributed by atoms with Crippen molar-refractivity contribution in [3.63, 3.8) is 0 Å². The second-order valence-electron chi connectivity index (χ2n) is 3.68. The van der Waals surface area contributed by atoms with E-state index < -0.39 is 35.4 Å². The van der Waals surface area contributed by atoms with Gasteiger partial charge in [-0.1, -0.05) is 11.6 Å². The third kappa shape index (κ3) is 3.37. The minimum atomic E-state index is -4.02. The van der Waals surface area contributed by atoms with Crippen LogP contribution >= 0.6 is 11.6 Å². The maximum Gasteiger partial charge on any atom is 0.242 e. The number of aromatic nitrogens is 1. The highest BCUT2D eigenvalue weighted by Gasteiger charge is 2.33. The Balaban J connectivity index is 3.04. The van der Waals surface area contributed by atoms with E-state index >= 15 is 0 Å². The molecule has 0 saturated carbocycles. The minimum Gasteiger partial charge on any atom is -0.394 e. The monoisotopic (exact) mass is 296 g/mol. The lowest BCUT2D eigenvalue weighted by atomic mass is 10.1. The van der Waals surface area contributed by atoms with E-state index in [1.54, 1.807) is 0 Å². The van der Waals surface area contributed by atoms with Crippen molar-refractivity contribution >= 4 is 21.6 Å². The highest BCUT2D eigenvalue weighted by Crippen LogP contribution is 2.14. The maximum atomic E-state index is 11.9. The van der Waals surface area contributed by atoms with Gasteiger partial charge in [0.05, 0.1) is 19.8 Å². The fraction of sp³-hybridized carbons (Fsp3) is 0.444. The molecule has 0 amide bonds. The Bertz CT molecular complexity index is 478. The van der Waals surface area contributed by atoms with E-state index in [-0.39, 0.29) is 10.0 Å². The molecule has 18 heavy (non-hydrogen) atoms. The Hall–Kier alpha value is -0.770. The Labute approximate surface area is 109 Å². The van der Waals surface area contributed by atoms with Crippen LogP contribution in [0, 0.1) is 0 Å². The van der Waals surface area contributed by atoms with Gasteiger partial charge in [0.25, 0.3) is 0 Å². The number of hydrogen-bond acceptors (Lipinski definition) is 6. The molecule has 4 N–H and O–H groups in total. The third-order valence-corrected chi connectivity index (χ3v) is 4.06. The van der Waals surface area contributed by atoms with Crippen LogP contribution in [0.2, 0.25) is 5.15 Å². The second kappa shape index (κ2) is 5.91. The first-order valence-electron chi connectivity index (χ1n) is 4.87. The summed E-state index contributed by atoms with van der Waals surface area (Å²) in [6.45, 7) is -2.25. The molecule has 0 aliphatic heterocycles. The molecule has 0 bridgehead atoms. The van der Waals surface area contributed by atoms with Crippen LogP contribution in [0.1, 0.15) is 0 Å². The predicted molar refractivity (Wildman–Crippen MR) is 63.6 cm³/mol. The van der Waals surface area contributed by atoms with Crippen LogP contribution in [-0.4, -0.2) is 54.1 Å². The Morgan fingerprint density at radius 2 is 1.78 bits per heavy atom. The molecule has 0 aliphatic rings. The molecular formula is C9H13ClN2O5S. The van der Waals surface area contributed by atoms with Crippen LogP contribution in [0.25, 0.3) is 0 Å². The SMILES string of the molecule is O=S(=O)(NC(CO)(CO)CO)c1ccc(Cl)nc1. The molecule has 7 nitrogen and oxygen atoms in total. The molecule has 0 radical (unpaired) electrons. The number of aliphatic hydroxyl groups excluding tert-OH is 3. The summed E-state index contributed by atoms with van der Waals surface area (Å²) in [5, 5.41) is 27.3. The molecule has 0 unspecified atom stereocenters. The van der Waals surface area contributed by atoms with Crippen molar-refractivity contribution in [1.82, 2.24) is 9.71 Å². The first-order chi connectivity index (χ1) is 8.39. The zero-order valence-electron chi connectivity index (χ0n) is 9.24. The molecule has 1 aromatic heterocycles. The van der Waals surface area contributed by atoms with Gasteiger partial charge in [-0.05, 0) is 12.1 Å². The number of sulfonamides is 1. The van der Waals surface area contributed by atoms with Gasteiger partial charge in [0.1, 0.15) is 15.6 Å². The molecule has 1 rings (SSSR count). The molecule has 0 atom stereocenters. The van der Waals surface area contributed by atoms with Gasteiger partial charge in [0, 0.05) is 6.20 Å². The van der Waals surface area contributed by atoms with Gasteiger partial charge >= 0.3 is 0 Å². The number of nitrogens with zero attached hydrogens (tertiary/aromatic N) is 1. The van der Waals surface area contributed by atoms with E-state index in [4.69, 9.17) is 26.9 Å². The van der Waals surface area contributed by atoms with Crippen molar-refractivity contribution in [2.75, 3.05) is 19.8 Å². The lowest BCUT2D eigenvalue weighted by molar-refractivity contribution is 0.0582. The maximum absolute atomic E-state index is 11.9. The zero-order chi connectivity index (χ0) is 13.8. The number of aliphatic hydroxyl groups is 3. The normalized spacial score (nSPS) is 12.7. The molecule has 102 valence electrons. The van der Waals surface area contributed by atoms with Crippen molar-refractivity contribution in [2.45, 2.75) is 10.4 Å². The lowest BCUT2D eigenvalue weighted by Gasteiger charge is -2.28. The van der Waals surface area contributed by atoms with Gasteiger partial charge in [-0.25, -0.2) is 13.4 Å². The van der Waals surface area contributed by atoms with Gasteiger partial charge < -0.3 is 15.3 Å². The van der Waals surface area contributed by atoms with E-state index in [9.17, 15) is 8.42 Å². The van der Waals surface area contributed by atoms with Gasteiger partial charge in [-0.3, -0.25) is 0 Å². The van der Waals surface area contributed by atoms with Gasteiger partial charge in [0.15, 0.2) is 0 Å². The van der Waals surface area contributed by atoms with Crippen LogP contribution in [0.3, 0.4) is 0 Å². The van der Waals surface area contributed by atoms with Crippen LogP contribution < -0.4 is 4.72 Å². The van der Waals surface area contributed by atoms with Gasteiger partial charge in [-0.2, -0.15) is 4.72 Å². The fourth-order valence-electron chi connectivity index (χ4n) is 1.11. The standard InChI is InChI=1S/C9H13ClN2O5S/c10-8-2-1-7(3-11-8)18(16,17)12-9(4-13,5-14)6-15/h1-3,12-15H,4-6H2. The fourth-order valence-corrected chi connectivity index (χ4v) is 2.54. The summed E-state index contributed by atoms with van der Waals surface area (Å²) in [7, 11) is -4.02. The van der Waals surface area contributed by atoms with Crippen LogP contribution in [-0.2, 0) is 10.0 Å². The van der Waals surface area contributed by atoms with E-state index in [1.807, 2.05) is 4.72 Å². The van der Waals surface area contributed by atoms with Crippen LogP contribution in [0.4, 0.5) is 0 Å². The highest BCUT2D eigenvalue weighted by molar-refractivity contribution is 7.89. The second-order valence-corrected chi connectivity index (χ2v) is 5.75. The average molecular weight is 297 g/mol. The van der Waals surface area contributed by atoms with Crippen LogP contribution in [0.15, 0.2) is 23.2 Å². The molecule has 0 aromatic carbocycles. The number of pyridine rings is 1. The van der Waals surface area contributed by atoms with E-state index in [1.165, 1.54) is 12.1 Å². The summed E-state index contributed by atoms with van der Waals surface area (Å²) in [6.07, 6.45) is 1.03. The summed E-state index contributed by atoms with van der Waals surface area (Å²) in [5.74, 6) is 0. The summed E-state index contributed by atoms with van der Waals surface area (Å²) in [5.41, 5.74) is -1.72. The van der Waals surface area contributed by atoms with Crippen molar-refractivity contribution in [1.29, 1.82) is 0 Å². The molecule has 9 heteroatoms. The molecule has 0 aliphatic carbocycles. The van der Waals surface area contributed by atoms with E-state index in [0.717, 1.165) is 6.20 Å². The van der Waals surface area contributed by atoms with E-state index in [0.29, 0.717) is 0 Å². The van der Waals surface area contributed by atoms with Crippen molar-refractivity contribution in [3.05, 3.63) is 23.5 Å². The molecule has 0 saturated heterocycles. The first-order valence-corrected chi connectivity index (χ1v) is 6.73. The lowest BCUT2D eigenvalue weighted by Crippen LogP contribution is -2.56. The predicted octanol–water partition coefficient (Wildman–Crippen LogP) is -1.27. The average Bonchev–Trinajstić information content (AvgIpc) is 2.37. The van der Waals surface area contributed by atoms with Crippen LogP contribution in [0.5, 0.6) is 0 Å². The summed E-state index contributed by atoms with van der Waals surface area (Å²) < 4.78 is 25.8. The quantitative estimate of drug-likeness (QED) is 0.486. The van der Waals surface area contributed by atoms with Crippen molar-refractivity contribution in [3.8, 4) is 0 Å². The zero-order valence-corrected chi connectivity index (χ0v) is 10.8. The number of nitrogens with one attached hydrogen (secondary N) is 1. The highest BCUT2D eigenvalue weighted by atomic mass is 35.5. The summed E-state index contributed by atoms with van der Waals surface area (Å²) in [4.78, 5) is 3.42. The summed E-state index contributed by atoms with van der Waals surface area (Å²) in [6, 6.07) is 2.50. The van der Waals surface area contributed by atoms with Gasteiger partial charge in [-0.15, -0.1) is 0 Å². The number of rotatable bonds is 6. The largest absolute Gasteiger partial charge is 0.394 e. The molecular weight excluding hydrogens is 284 g/mol. The third-order valence-electron chi connectivity index (χ3n) is 2.27. The molecule has 0 fully saturated rings. The molecule has 0 spiro atoms. The Morgan fingerprint density at radius 1 is 1.22 bits per heavy atom. The summed E-state index contributed by atoms with van der Waals surface area (Å²) >= 11 is 5.53. The number of halogens is 1. The topological polar surface area (TPSA) is 120 Å². The molecule has 1 aromatic rings. The number of hydrogen-bond donors (Lipinski definition) is 4. The Kier molecular flexibility index (Phi) is 5.02. The Morgan fingerprint density at radius 3 is 2.17 bits per heavy atom. The van der Waals surface area contributed by atoms with Crippen molar-refractivity contribution < 1.29 is 23.7 Å². The van der Waals surface area contributed by atoms with Crippen molar-refractivity contribution in [2.24, 2.45) is 0 Å². The van der Waals surface area contributed by atoms with Gasteiger partial charge in [0.2, 0.25) is 10.0 Å². The minimum absolute atomic E-state index is 0.131. The van der Waals surface area contributed by atoms with E-state index in [2.05, 4.69) is 4.98 Å².